The van der Waals surface area contributed by atoms with Crippen LogP contribution in [0.3, 0.4) is 0 Å². The van der Waals surface area contributed by atoms with E-state index in [9.17, 15) is 14.4 Å². The maximum absolute atomic E-state index is 14.7. The fraction of sp³-hybridized carbons (Fsp3) is 0.812. The first-order chi connectivity index (χ1) is 18.3. The summed E-state index contributed by atoms with van der Waals surface area (Å²) in [4.78, 5) is 11.3. The second kappa shape index (κ2) is 11.5. The molecule has 212 valence electrons. The molecule has 8 atom stereocenters. The summed E-state index contributed by atoms with van der Waals surface area (Å²) < 4.78 is 20.8. The number of halogens is 1. The summed E-state index contributed by atoms with van der Waals surface area (Å²) in [6, 6.07) is 5.67. The maximum Gasteiger partial charge on any atom is 0.165 e. The molecule has 2 N–H and O–H groups in total. The van der Waals surface area contributed by atoms with Crippen molar-refractivity contribution in [3.8, 4) is 5.75 Å². The molecule has 1 aromatic carbocycles. The van der Waals surface area contributed by atoms with Crippen molar-refractivity contribution in [2.45, 2.75) is 123 Å². The number of hydrogen-bond acceptors (Lipinski definition) is 5. The van der Waals surface area contributed by atoms with Crippen LogP contribution in [0.15, 0.2) is 23.4 Å². The Kier molecular flexibility index (Phi) is 8.50. The Morgan fingerprint density at radius 1 is 1.11 bits per heavy atom. The van der Waals surface area contributed by atoms with Gasteiger partial charge in [-0.15, -0.1) is 0 Å². The lowest BCUT2D eigenvalue weighted by atomic mass is 9.44. The number of ether oxygens (including phenoxy) is 1. The molecule has 1 aromatic rings. The monoisotopic (exact) mass is 528 g/mol. The van der Waals surface area contributed by atoms with Gasteiger partial charge in [0.05, 0.1) is 18.8 Å². The lowest BCUT2D eigenvalue weighted by Crippen LogP contribution is -2.55. The van der Waals surface area contributed by atoms with E-state index >= 15 is 0 Å². The zero-order chi connectivity index (χ0) is 26.9. The van der Waals surface area contributed by atoms with Crippen LogP contribution in [-0.4, -0.2) is 29.9 Å². The Balaban J connectivity index is 1.25. The summed E-state index contributed by atoms with van der Waals surface area (Å²) in [6.07, 6.45) is 12.2. The molecule has 4 aliphatic carbocycles. The van der Waals surface area contributed by atoms with Crippen molar-refractivity contribution in [1.29, 1.82) is 0 Å². The van der Waals surface area contributed by atoms with Gasteiger partial charge in [-0.1, -0.05) is 32.0 Å². The molecule has 5 unspecified atom stereocenters. The topological polar surface area (TPSA) is 70.9 Å². The first kappa shape index (κ1) is 28.0. The minimum Gasteiger partial charge on any atom is -0.490 e. The highest BCUT2D eigenvalue weighted by molar-refractivity contribution is 5.30. The third-order valence-corrected chi connectivity index (χ3v) is 11.9. The minimum atomic E-state index is -0.312. The average molecular weight is 529 g/mol. The third kappa shape index (κ3) is 5.05. The van der Waals surface area contributed by atoms with Crippen LogP contribution >= 0.6 is 0 Å². The Morgan fingerprint density at radius 3 is 2.68 bits per heavy atom. The zero-order valence-electron chi connectivity index (χ0n) is 23.8. The van der Waals surface area contributed by atoms with E-state index in [0.717, 1.165) is 69.8 Å². The highest BCUT2D eigenvalue weighted by atomic mass is 19.1. The maximum atomic E-state index is 14.7. The van der Waals surface area contributed by atoms with Crippen LogP contribution in [0.25, 0.3) is 0 Å². The first-order valence-electron chi connectivity index (χ1n) is 15.5. The normalized spacial score (nSPS) is 38.4. The molecule has 4 fully saturated rings. The summed E-state index contributed by atoms with van der Waals surface area (Å²) in [5, 5.41) is 18.3. The van der Waals surface area contributed by atoms with E-state index in [4.69, 9.17) is 4.74 Å². The van der Waals surface area contributed by atoms with E-state index in [1.807, 2.05) is 12.1 Å². The van der Waals surface area contributed by atoms with Crippen molar-refractivity contribution in [3.63, 3.8) is 0 Å². The Hall–Kier alpha value is -1.53. The second-order valence-corrected chi connectivity index (χ2v) is 13.3. The van der Waals surface area contributed by atoms with E-state index in [1.165, 1.54) is 18.9 Å². The van der Waals surface area contributed by atoms with Gasteiger partial charge in [-0.25, -0.2) is 4.39 Å². The predicted octanol–water partition coefficient (Wildman–Crippen LogP) is 7.39. The molecule has 0 aliphatic heterocycles. The van der Waals surface area contributed by atoms with Crippen LogP contribution in [-0.2, 0) is 6.54 Å². The molecule has 0 radical (unpaired) electrons. The molecule has 5 rings (SSSR count). The Morgan fingerprint density at radius 2 is 1.92 bits per heavy atom. The molecule has 4 saturated carbocycles. The van der Waals surface area contributed by atoms with Gasteiger partial charge >= 0.3 is 0 Å². The molecule has 0 bridgehead atoms. The van der Waals surface area contributed by atoms with Crippen LogP contribution in [0.4, 0.5) is 4.39 Å². The van der Waals surface area contributed by atoms with E-state index in [-0.39, 0.29) is 23.4 Å². The third-order valence-electron chi connectivity index (χ3n) is 11.9. The average Bonchev–Trinajstić information content (AvgIpc) is 3.26. The van der Waals surface area contributed by atoms with Gasteiger partial charge in [-0.05, 0) is 124 Å². The lowest BCUT2D eigenvalue weighted by Gasteiger charge is -2.61. The quantitative estimate of drug-likeness (QED) is 0.311. The predicted molar refractivity (Wildman–Crippen MR) is 149 cm³/mol. The van der Waals surface area contributed by atoms with Crippen LogP contribution in [0.2, 0.25) is 0 Å². The molecule has 0 aromatic heterocycles. The second-order valence-electron chi connectivity index (χ2n) is 13.3. The van der Waals surface area contributed by atoms with Gasteiger partial charge in [0.1, 0.15) is 0 Å². The van der Waals surface area contributed by atoms with Crippen molar-refractivity contribution in [2.24, 2.45) is 39.7 Å². The summed E-state index contributed by atoms with van der Waals surface area (Å²) in [5.41, 5.74) is 1.22. The number of fused-ring (bicyclic) bond motifs is 5. The highest BCUT2D eigenvalue weighted by Crippen LogP contribution is 2.67. The number of rotatable bonds is 10. The summed E-state index contributed by atoms with van der Waals surface area (Å²) >= 11 is 0. The molecular weight excluding hydrogens is 479 g/mol. The number of nitrogens with zero attached hydrogens (tertiary/aromatic N) is 1. The minimum absolute atomic E-state index is 0.00662. The number of benzene rings is 1. The van der Waals surface area contributed by atoms with Crippen LogP contribution in [0.5, 0.6) is 5.75 Å². The molecule has 6 heteroatoms. The molecule has 0 saturated heterocycles. The standard InChI is InChI=1S/C32H49FN2O3/c1-4-23(5-2)34-20-21-6-10-28(33)29(18-21)38-17-16-32-15-13-26-25(27(32)9-11-30(32)36)8-7-22-19-24(35-37)12-14-31(22,26)3/h6,10,18,22-27,30,34,36H,4-5,7-9,11-17,19-20H2,1-3H3/t22?,24?,25?,26?,27?,30-,31-,32+/m0/s1. The number of aliphatic hydroxyl groups is 1. The van der Waals surface area contributed by atoms with Crippen molar-refractivity contribution < 1.29 is 14.2 Å². The molecule has 5 nitrogen and oxygen atoms in total. The van der Waals surface area contributed by atoms with Gasteiger partial charge in [0, 0.05) is 18.0 Å². The van der Waals surface area contributed by atoms with Gasteiger partial charge in [0.15, 0.2) is 11.6 Å². The van der Waals surface area contributed by atoms with Gasteiger partial charge in [-0.3, -0.25) is 0 Å². The largest absolute Gasteiger partial charge is 0.490 e. The molecule has 4 aliphatic rings. The molecule has 0 spiro atoms. The molecular formula is C32H49FN2O3. The fourth-order valence-electron chi connectivity index (χ4n) is 9.55. The van der Waals surface area contributed by atoms with Crippen molar-refractivity contribution in [3.05, 3.63) is 34.5 Å². The number of nitroso groups, excluding NO2 is 1. The molecule has 0 amide bonds. The van der Waals surface area contributed by atoms with E-state index in [0.29, 0.717) is 54.0 Å². The number of nitrogens with one attached hydrogen (secondary N) is 1. The fourth-order valence-corrected chi connectivity index (χ4v) is 9.55. The van der Waals surface area contributed by atoms with Crippen molar-refractivity contribution in [2.75, 3.05) is 6.61 Å². The van der Waals surface area contributed by atoms with E-state index in [2.05, 4.69) is 31.3 Å². The zero-order valence-corrected chi connectivity index (χ0v) is 23.8. The summed E-state index contributed by atoms with van der Waals surface area (Å²) in [7, 11) is 0. The van der Waals surface area contributed by atoms with E-state index < -0.39 is 0 Å². The first-order valence-corrected chi connectivity index (χ1v) is 15.5. The van der Waals surface area contributed by atoms with E-state index in [1.54, 1.807) is 0 Å². The number of hydrogen-bond donors (Lipinski definition) is 2. The smallest absolute Gasteiger partial charge is 0.165 e. The summed E-state index contributed by atoms with van der Waals surface area (Å²) in [5.74, 6) is 2.45. The Bertz CT molecular complexity index is 970. The van der Waals surface area contributed by atoms with Crippen LogP contribution in [0, 0.1) is 45.2 Å². The summed E-state index contributed by atoms with van der Waals surface area (Å²) in [6.45, 7) is 8.00. The van der Waals surface area contributed by atoms with Gasteiger partial charge in [0.2, 0.25) is 0 Å². The molecule has 0 heterocycles. The molecule has 38 heavy (non-hydrogen) atoms. The van der Waals surface area contributed by atoms with Crippen molar-refractivity contribution >= 4 is 0 Å². The SMILES string of the molecule is CCC(CC)NCc1ccc(F)c(OCC[C@]23CCC4C(CCC5CC(N=O)CC[C@@]54C)C2CC[C@@H]3O)c1. The van der Waals surface area contributed by atoms with Gasteiger partial charge in [0.25, 0.3) is 0 Å². The van der Waals surface area contributed by atoms with Crippen LogP contribution < -0.4 is 10.1 Å². The van der Waals surface area contributed by atoms with Crippen molar-refractivity contribution in [1.82, 2.24) is 5.32 Å². The van der Waals surface area contributed by atoms with Crippen LogP contribution in [0.1, 0.15) is 103 Å². The van der Waals surface area contributed by atoms with Gasteiger partial charge < -0.3 is 15.2 Å². The lowest BCUT2D eigenvalue weighted by molar-refractivity contribution is -0.132. The highest BCUT2D eigenvalue weighted by Gasteiger charge is 2.61. The van der Waals surface area contributed by atoms with Gasteiger partial charge in [-0.2, -0.15) is 4.91 Å². The number of aliphatic hydroxyl groups excluding tert-OH is 1. The Labute approximate surface area is 228 Å².